The van der Waals surface area contributed by atoms with Crippen LogP contribution in [0, 0.1) is 0 Å². The normalized spacial score (nSPS) is 16.9. The molecule has 1 heterocycles. The molecule has 13 nitrogen and oxygen atoms in total. The first-order chi connectivity index (χ1) is 18.2. The molecule has 1 aromatic heterocycles. The van der Waals surface area contributed by atoms with Crippen LogP contribution in [0.4, 0.5) is 4.39 Å². The molecular formula is C24H33FN3O10P. The van der Waals surface area contributed by atoms with E-state index in [4.69, 9.17) is 18.5 Å². The topological polar surface area (TPSA) is 178 Å². The molecule has 39 heavy (non-hydrogen) atoms. The van der Waals surface area contributed by atoms with E-state index in [1.54, 1.807) is 32.0 Å². The van der Waals surface area contributed by atoms with E-state index in [9.17, 15) is 29.2 Å². The van der Waals surface area contributed by atoms with Crippen LogP contribution in [0.2, 0.25) is 0 Å². The van der Waals surface area contributed by atoms with Crippen molar-refractivity contribution in [2.75, 3.05) is 13.2 Å². The molecule has 0 amide bonds. The average molecular weight is 574 g/mol. The number of halogens is 1. The first-order valence-corrected chi connectivity index (χ1v) is 13.3. The summed E-state index contributed by atoms with van der Waals surface area (Å²) >= 11 is 0. The van der Waals surface area contributed by atoms with Gasteiger partial charge < -0.3 is 24.2 Å². The Bertz CT molecular complexity index is 1280. The fraction of sp³-hybridized carbons (Fsp3) is 0.458. The number of hydrogen-bond donors (Lipinski definition) is 4. The number of ether oxygens (including phenoxy) is 2. The lowest BCUT2D eigenvalue weighted by atomic mass is 10.1. The van der Waals surface area contributed by atoms with Crippen molar-refractivity contribution in [2.24, 2.45) is 0 Å². The molecule has 2 aromatic rings. The zero-order valence-corrected chi connectivity index (χ0v) is 22.8. The number of nitrogens with one attached hydrogen (secondary N) is 2. The summed E-state index contributed by atoms with van der Waals surface area (Å²) in [5.41, 5.74) is -1.93. The van der Waals surface area contributed by atoms with Gasteiger partial charge in [0.15, 0.2) is 6.23 Å². The van der Waals surface area contributed by atoms with Gasteiger partial charge in [0, 0.05) is 12.3 Å². The minimum absolute atomic E-state index is 0.0385. The van der Waals surface area contributed by atoms with Gasteiger partial charge in [0.2, 0.25) is 0 Å². The van der Waals surface area contributed by atoms with Crippen LogP contribution in [0.5, 0.6) is 5.75 Å². The Morgan fingerprint density at radius 3 is 2.41 bits per heavy atom. The van der Waals surface area contributed by atoms with Gasteiger partial charge in [-0.2, -0.15) is 5.09 Å². The van der Waals surface area contributed by atoms with Gasteiger partial charge in [-0.05, 0) is 45.4 Å². The minimum Gasteiger partial charge on any atom is -0.462 e. The summed E-state index contributed by atoms with van der Waals surface area (Å²) in [6.07, 6.45) is -3.41. The van der Waals surface area contributed by atoms with E-state index in [0.717, 1.165) is 12.3 Å². The number of aliphatic hydroxyl groups excluding tert-OH is 2. The second-order valence-electron chi connectivity index (χ2n) is 8.82. The molecule has 2 rings (SSSR count). The lowest BCUT2D eigenvalue weighted by Crippen LogP contribution is -2.49. The van der Waals surface area contributed by atoms with Crippen molar-refractivity contribution < 1.29 is 42.5 Å². The van der Waals surface area contributed by atoms with Crippen LogP contribution in [-0.4, -0.2) is 63.1 Å². The summed E-state index contributed by atoms with van der Waals surface area (Å²) < 4.78 is 51.7. The number of rotatable bonds is 15. The second kappa shape index (κ2) is 13.8. The summed E-state index contributed by atoms with van der Waals surface area (Å²) in [4.78, 5) is 37.8. The van der Waals surface area contributed by atoms with Gasteiger partial charge in [-0.25, -0.2) is 13.8 Å². The van der Waals surface area contributed by atoms with Gasteiger partial charge in [-0.3, -0.25) is 23.7 Å². The van der Waals surface area contributed by atoms with Crippen LogP contribution < -0.4 is 20.9 Å². The zero-order chi connectivity index (χ0) is 29.4. The summed E-state index contributed by atoms with van der Waals surface area (Å²) in [5.74, 6) is -4.03. The van der Waals surface area contributed by atoms with Crippen LogP contribution in [-0.2, 0) is 23.4 Å². The van der Waals surface area contributed by atoms with Crippen LogP contribution >= 0.6 is 7.75 Å². The number of aromatic nitrogens is 2. The number of aromatic amines is 1. The van der Waals surface area contributed by atoms with Gasteiger partial charge in [0.05, 0.1) is 12.7 Å². The van der Waals surface area contributed by atoms with Gasteiger partial charge in [0.25, 0.3) is 11.4 Å². The number of esters is 1. The van der Waals surface area contributed by atoms with Crippen LogP contribution in [0.3, 0.4) is 0 Å². The second-order valence-corrected chi connectivity index (χ2v) is 10.5. The molecule has 0 radical (unpaired) electrons. The van der Waals surface area contributed by atoms with Crippen molar-refractivity contribution in [1.29, 1.82) is 0 Å². The molecule has 4 N–H and O–H groups in total. The number of H-pyrrole nitrogens is 1. The largest absolute Gasteiger partial charge is 0.462 e. The van der Waals surface area contributed by atoms with E-state index < -0.39 is 68.5 Å². The van der Waals surface area contributed by atoms with E-state index in [-0.39, 0.29) is 11.3 Å². The number of hydrogen-bond acceptors (Lipinski definition) is 10. The lowest BCUT2D eigenvalue weighted by Gasteiger charge is -2.35. The zero-order valence-electron chi connectivity index (χ0n) is 21.9. The highest BCUT2D eigenvalue weighted by Gasteiger charge is 2.46. The van der Waals surface area contributed by atoms with E-state index in [0.29, 0.717) is 4.57 Å². The monoisotopic (exact) mass is 573 g/mol. The Balaban J connectivity index is 2.40. The molecule has 1 aromatic carbocycles. The number of benzene rings is 1. The molecule has 0 aliphatic heterocycles. The number of aliphatic hydroxyl groups is 2. The fourth-order valence-electron chi connectivity index (χ4n) is 3.11. The molecule has 3 unspecified atom stereocenters. The van der Waals surface area contributed by atoms with E-state index >= 15 is 4.39 Å². The predicted octanol–water partition coefficient (Wildman–Crippen LogP) is 1.78. The molecule has 0 aliphatic carbocycles. The molecular weight excluding hydrogens is 540 g/mol. The number of alkyl halides is 1. The first kappa shape index (κ1) is 32.1. The molecule has 0 saturated heterocycles. The molecule has 5 atom stereocenters. The smallest absolute Gasteiger partial charge is 0.459 e. The SMILES string of the molecule is C=C(C)C(O)[C@@](F)(COP(=O)(NC(C)C(=O)OC(C)C)Oc1ccccc1)O[C@H](CO)n1ccc(=O)[nH]c1=O. The Hall–Kier alpha value is -3.13. The van der Waals surface area contributed by atoms with Crippen molar-refractivity contribution in [3.05, 3.63) is 75.6 Å². The lowest BCUT2D eigenvalue weighted by molar-refractivity contribution is -0.260. The Morgan fingerprint density at radius 2 is 1.87 bits per heavy atom. The van der Waals surface area contributed by atoms with E-state index in [1.807, 2.05) is 4.98 Å². The Morgan fingerprint density at radius 1 is 1.23 bits per heavy atom. The summed E-state index contributed by atoms with van der Waals surface area (Å²) in [6, 6.07) is 7.35. The van der Waals surface area contributed by atoms with E-state index in [1.165, 1.54) is 26.0 Å². The number of carbonyl (C=O) groups is 1. The highest BCUT2D eigenvalue weighted by molar-refractivity contribution is 7.52. The maximum absolute atomic E-state index is 16.3. The number of nitrogens with zero attached hydrogens (tertiary/aromatic N) is 1. The summed E-state index contributed by atoms with van der Waals surface area (Å²) in [5, 5.41) is 22.7. The highest BCUT2D eigenvalue weighted by Crippen LogP contribution is 2.46. The third-order valence-electron chi connectivity index (χ3n) is 4.98. The molecule has 0 spiro atoms. The Kier molecular flexibility index (Phi) is 11.3. The molecule has 15 heteroatoms. The highest BCUT2D eigenvalue weighted by atomic mass is 31.2. The molecule has 216 valence electrons. The summed E-state index contributed by atoms with van der Waals surface area (Å²) in [7, 11) is -4.59. The molecule has 0 fully saturated rings. The third-order valence-corrected chi connectivity index (χ3v) is 6.61. The Labute approximate surface area is 223 Å². The van der Waals surface area contributed by atoms with Gasteiger partial charge >= 0.3 is 19.4 Å². The average Bonchev–Trinajstić information content (AvgIpc) is 2.86. The maximum Gasteiger partial charge on any atom is 0.459 e. The van der Waals surface area contributed by atoms with Gasteiger partial charge in [-0.1, -0.05) is 24.8 Å². The molecule has 0 aliphatic rings. The minimum atomic E-state index is -4.59. The van der Waals surface area contributed by atoms with E-state index in [2.05, 4.69) is 11.7 Å². The van der Waals surface area contributed by atoms with Crippen molar-refractivity contribution in [2.45, 2.75) is 58.0 Å². The van der Waals surface area contributed by atoms with Gasteiger partial charge in [0.1, 0.15) is 24.5 Å². The molecule has 0 bridgehead atoms. The standard InChI is InChI=1S/C24H33FN3O10P/c1-15(2)21(31)24(25,37-20(13-29)28-12-11-19(30)26-23(28)33)14-35-39(34,38-18-9-7-6-8-10-18)27-17(5)22(32)36-16(3)4/h6-12,16-17,20-21,29,31H,1,13-14H2,2-5H3,(H,27,34)(H,26,30,33)/t17?,20-,21?,24-,39?/m1/s1. The maximum atomic E-state index is 16.3. The first-order valence-electron chi connectivity index (χ1n) is 11.8. The van der Waals surface area contributed by atoms with Crippen molar-refractivity contribution >= 4 is 13.7 Å². The fourth-order valence-corrected chi connectivity index (χ4v) is 4.62. The number of para-hydroxylation sites is 1. The third kappa shape index (κ3) is 9.24. The van der Waals surface area contributed by atoms with Gasteiger partial charge in [-0.15, -0.1) is 0 Å². The van der Waals surface area contributed by atoms with Crippen LogP contribution in [0.1, 0.15) is 33.9 Å². The van der Waals surface area contributed by atoms with Crippen LogP contribution in [0.15, 0.2) is 64.3 Å². The van der Waals surface area contributed by atoms with Crippen molar-refractivity contribution in [3.63, 3.8) is 0 Å². The van der Waals surface area contributed by atoms with Crippen molar-refractivity contribution in [1.82, 2.24) is 14.6 Å². The van der Waals surface area contributed by atoms with Crippen LogP contribution in [0.25, 0.3) is 0 Å². The number of carbonyl (C=O) groups excluding carboxylic acids is 1. The predicted molar refractivity (Wildman–Crippen MR) is 138 cm³/mol. The molecule has 0 saturated carbocycles. The quantitative estimate of drug-likeness (QED) is 0.139. The van der Waals surface area contributed by atoms with Crippen molar-refractivity contribution in [3.8, 4) is 5.75 Å². The summed E-state index contributed by atoms with van der Waals surface area (Å²) in [6.45, 7) is 7.03.